The summed E-state index contributed by atoms with van der Waals surface area (Å²) in [6, 6.07) is 16.7. The molecule has 3 rings (SSSR count). The molecule has 128 valence electrons. The lowest BCUT2D eigenvalue weighted by Crippen LogP contribution is -1.98. The molecule has 1 aromatic heterocycles. The Labute approximate surface area is 149 Å². The summed E-state index contributed by atoms with van der Waals surface area (Å²) in [6.45, 7) is 2.12. The monoisotopic (exact) mass is 355 g/mol. The van der Waals surface area contributed by atoms with Crippen LogP contribution >= 0.6 is 11.8 Å². The Kier molecular flexibility index (Phi) is 5.45. The number of aromatic nitrogens is 2. The molecule has 1 heterocycles. The van der Waals surface area contributed by atoms with Crippen molar-refractivity contribution < 1.29 is 9.34 Å². The van der Waals surface area contributed by atoms with E-state index in [0.29, 0.717) is 23.3 Å². The van der Waals surface area contributed by atoms with E-state index in [1.807, 2.05) is 24.3 Å². The number of hydrogen-bond acceptors (Lipinski definition) is 6. The Balaban J connectivity index is 1.58. The molecule has 1 unspecified atom stereocenters. The smallest absolute Gasteiger partial charge is 0.276 e. The Morgan fingerprint density at radius 1 is 1.16 bits per heavy atom. The minimum atomic E-state index is -0.399. The minimum Gasteiger partial charge on any atom is -0.416 e. The van der Waals surface area contributed by atoms with Gasteiger partial charge in [0.25, 0.3) is 10.9 Å². The van der Waals surface area contributed by atoms with Crippen molar-refractivity contribution in [3.63, 3.8) is 0 Å². The molecule has 3 aromatic rings. The maximum absolute atomic E-state index is 10.8. The Hall–Kier alpha value is -2.67. The van der Waals surface area contributed by atoms with E-state index in [1.54, 1.807) is 12.1 Å². The molecule has 25 heavy (non-hydrogen) atoms. The van der Waals surface area contributed by atoms with Crippen molar-refractivity contribution in [3.05, 3.63) is 81.7 Å². The molecule has 0 amide bonds. The van der Waals surface area contributed by atoms with E-state index < -0.39 is 4.92 Å². The largest absolute Gasteiger partial charge is 0.416 e. The number of nitrogens with zero attached hydrogens (tertiary/aromatic N) is 3. The summed E-state index contributed by atoms with van der Waals surface area (Å²) in [5.41, 5.74) is 2.16. The molecule has 2 aromatic carbocycles. The van der Waals surface area contributed by atoms with Gasteiger partial charge in [-0.05, 0) is 17.0 Å². The van der Waals surface area contributed by atoms with Crippen molar-refractivity contribution in [2.75, 3.05) is 0 Å². The van der Waals surface area contributed by atoms with Gasteiger partial charge < -0.3 is 4.42 Å². The second-order valence-corrected chi connectivity index (χ2v) is 6.62. The van der Waals surface area contributed by atoms with Crippen LogP contribution in [0.25, 0.3) is 0 Å². The number of thioether (sulfide) groups is 1. The van der Waals surface area contributed by atoms with Gasteiger partial charge in [-0.25, -0.2) is 0 Å². The van der Waals surface area contributed by atoms with Gasteiger partial charge in [0, 0.05) is 24.3 Å². The zero-order chi connectivity index (χ0) is 17.6. The Bertz CT molecular complexity index is 852. The van der Waals surface area contributed by atoms with Gasteiger partial charge in [0.15, 0.2) is 0 Å². The first-order valence-corrected chi connectivity index (χ1v) is 8.84. The number of rotatable bonds is 7. The average Bonchev–Trinajstić information content (AvgIpc) is 3.08. The molecule has 0 bridgehead atoms. The lowest BCUT2D eigenvalue weighted by molar-refractivity contribution is -0.384. The molecule has 0 aliphatic heterocycles. The lowest BCUT2D eigenvalue weighted by atomic mass is 9.98. The molecule has 7 heteroatoms. The number of nitro groups is 1. The van der Waals surface area contributed by atoms with Crippen molar-refractivity contribution >= 4 is 17.4 Å². The van der Waals surface area contributed by atoms with Crippen LogP contribution < -0.4 is 0 Å². The molecular weight excluding hydrogens is 338 g/mol. The Morgan fingerprint density at radius 3 is 2.72 bits per heavy atom. The van der Waals surface area contributed by atoms with Crippen LogP contribution in [-0.4, -0.2) is 15.1 Å². The SMILES string of the molecule is CC(Cc1nnc(SCc2cccc([N+](=O)[O-])c2)o1)c1ccccc1. The molecule has 6 nitrogen and oxygen atoms in total. The van der Waals surface area contributed by atoms with Gasteiger partial charge in [-0.3, -0.25) is 10.1 Å². The van der Waals surface area contributed by atoms with Crippen LogP contribution in [0, 0.1) is 10.1 Å². The van der Waals surface area contributed by atoms with E-state index in [1.165, 1.54) is 23.4 Å². The van der Waals surface area contributed by atoms with Gasteiger partial charge in [-0.15, -0.1) is 10.2 Å². The molecule has 0 aliphatic rings. The molecule has 0 fully saturated rings. The lowest BCUT2D eigenvalue weighted by Gasteiger charge is -2.08. The third-order valence-corrected chi connectivity index (χ3v) is 4.67. The van der Waals surface area contributed by atoms with Gasteiger partial charge in [0.2, 0.25) is 5.89 Å². The van der Waals surface area contributed by atoms with Crippen molar-refractivity contribution in [2.45, 2.75) is 30.2 Å². The maximum Gasteiger partial charge on any atom is 0.276 e. The highest BCUT2D eigenvalue weighted by Gasteiger charge is 2.13. The topological polar surface area (TPSA) is 82.1 Å². The fourth-order valence-corrected chi connectivity index (χ4v) is 3.17. The second-order valence-electron chi connectivity index (χ2n) is 5.69. The third-order valence-electron chi connectivity index (χ3n) is 3.78. The minimum absolute atomic E-state index is 0.0843. The van der Waals surface area contributed by atoms with Crippen LogP contribution in [0.2, 0.25) is 0 Å². The molecule has 0 N–H and O–H groups in total. The highest BCUT2D eigenvalue weighted by atomic mass is 32.2. The molecule has 0 saturated carbocycles. The number of nitro benzene ring substituents is 1. The third kappa shape index (κ3) is 4.67. The predicted octanol–water partition coefficient (Wildman–Crippen LogP) is 4.62. The van der Waals surface area contributed by atoms with Crippen LogP contribution in [0.3, 0.4) is 0 Å². The molecule has 0 aliphatic carbocycles. The molecule has 1 atom stereocenters. The van der Waals surface area contributed by atoms with E-state index in [4.69, 9.17) is 4.42 Å². The second kappa shape index (κ2) is 7.94. The molecular formula is C18H17N3O3S. The van der Waals surface area contributed by atoms with Crippen molar-refractivity contribution in [3.8, 4) is 0 Å². The normalized spacial score (nSPS) is 12.0. The van der Waals surface area contributed by atoms with Crippen molar-refractivity contribution in [1.29, 1.82) is 0 Å². The summed E-state index contributed by atoms with van der Waals surface area (Å²) in [5.74, 6) is 1.42. The van der Waals surface area contributed by atoms with E-state index >= 15 is 0 Å². The van der Waals surface area contributed by atoms with Crippen LogP contribution in [0.15, 0.2) is 64.2 Å². The zero-order valence-corrected chi connectivity index (χ0v) is 14.5. The average molecular weight is 355 g/mol. The maximum atomic E-state index is 10.8. The summed E-state index contributed by atoms with van der Waals surface area (Å²) in [6.07, 6.45) is 0.675. The zero-order valence-electron chi connectivity index (χ0n) is 13.7. The van der Waals surface area contributed by atoms with Gasteiger partial charge in [-0.1, -0.05) is 61.2 Å². The summed E-state index contributed by atoms with van der Waals surface area (Å²) < 4.78 is 5.68. The van der Waals surface area contributed by atoms with Gasteiger partial charge in [-0.2, -0.15) is 0 Å². The first kappa shape index (κ1) is 17.2. The summed E-state index contributed by atoms with van der Waals surface area (Å²) in [4.78, 5) is 10.4. The van der Waals surface area contributed by atoms with E-state index in [0.717, 1.165) is 5.56 Å². The van der Waals surface area contributed by atoms with Gasteiger partial charge in [0.05, 0.1) is 4.92 Å². The van der Waals surface area contributed by atoms with Crippen molar-refractivity contribution in [1.82, 2.24) is 10.2 Å². The first-order valence-electron chi connectivity index (χ1n) is 7.85. The number of hydrogen-bond donors (Lipinski definition) is 0. The summed E-state index contributed by atoms with van der Waals surface area (Å²) in [7, 11) is 0. The number of benzene rings is 2. The fourth-order valence-electron chi connectivity index (χ4n) is 2.45. The first-order chi connectivity index (χ1) is 12.1. The molecule has 0 saturated heterocycles. The molecule has 0 radical (unpaired) electrons. The van der Waals surface area contributed by atoms with E-state index in [-0.39, 0.29) is 11.6 Å². The van der Waals surface area contributed by atoms with Crippen molar-refractivity contribution in [2.24, 2.45) is 0 Å². The van der Waals surface area contributed by atoms with Crippen LogP contribution in [0.1, 0.15) is 29.9 Å². The summed E-state index contributed by atoms with van der Waals surface area (Å²) >= 11 is 1.37. The quantitative estimate of drug-likeness (QED) is 0.349. The van der Waals surface area contributed by atoms with Crippen LogP contribution in [-0.2, 0) is 12.2 Å². The van der Waals surface area contributed by atoms with Gasteiger partial charge in [0.1, 0.15) is 0 Å². The van der Waals surface area contributed by atoms with E-state index in [9.17, 15) is 10.1 Å². The fraction of sp³-hybridized carbons (Fsp3) is 0.222. The van der Waals surface area contributed by atoms with E-state index in [2.05, 4.69) is 29.3 Å². The standard InChI is InChI=1S/C18H17N3O3S/c1-13(15-7-3-2-4-8-15)10-17-19-20-18(24-17)25-12-14-6-5-9-16(11-14)21(22)23/h2-9,11,13H,10,12H2,1H3. The Morgan fingerprint density at radius 2 is 1.96 bits per heavy atom. The molecule has 0 spiro atoms. The van der Waals surface area contributed by atoms with Crippen LogP contribution in [0.5, 0.6) is 0 Å². The highest BCUT2D eigenvalue weighted by Crippen LogP contribution is 2.25. The number of non-ortho nitro benzene ring substituents is 1. The van der Waals surface area contributed by atoms with Crippen LogP contribution in [0.4, 0.5) is 5.69 Å². The van der Waals surface area contributed by atoms with Gasteiger partial charge >= 0.3 is 0 Å². The highest BCUT2D eigenvalue weighted by molar-refractivity contribution is 7.98. The predicted molar refractivity (Wildman–Crippen MR) is 95.5 cm³/mol. The summed E-state index contributed by atoms with van der Waals surface area (Å²) in [5, 5.41) is 19.4.